The number of hydrogen-bond donors (Lipinski definition) is 1. The molecular weight excluding hydrogens is 216 g/mol. The van der Waals surface area contributed by atoms with Crippen molar-refractivity contribution in [1.82, 2.24) is 9.97 Å². The number of nitrogens with one attached hydrogen (secondary N) is 1. The first kappa shape index (κ1) is 11.8. The fraction of sp³-hybridized carbons (Fsp3) is 0.583. The molecule has 0 atom stereocenters. The van der Waals surface area contributed by atoms with Gasteiger partial charge in [-0.15, -0.1) is 0 Å². The molecule has 0 aliphatic carbocycles. The quantitative estimate of drug-likeness (QED) is 0.839. The van der Waals surface area contributed by atoms with Gasteiger partial charge in [0.25, 0.3) is 0 Å². The van der Waals surface area contributed by atoms with Crippen molar-refractivity contribution >= 4 is 5.82 Å². The van der Waals surface area contributed by atoms with E-state index in [1.54, 1.807) is 6.20 Å². The van der Waals surface area contributed by atoms with Crippen molar-refractivity contribution < 1.29 is 4.74 Å². The Morgan fingerprint density at radius 2 is 2.18 bits per heavy atom. The van der Waals surface area contributed by atoms with E-state index in [0.29, 0.717) is 17.2 Å². The SMILES string of the molecule is Cc1ncc(C#N)c(NC2(C)CCOCC2)n1. The molecule has 0 radical (unpaired) electrons. The average molecular weight is 232 g/mol. The lowest BCUT2D eigenvalue weighted by Gasteiger charge is -2.35. The van der Waals surface area contributed by atoms with Crippen molar-refractivity contribution in [3.05, 3.63) is 17.6 Å². The number of ether oxygens (including phenoxy) is 1. The summed E-state index contributed by atoms with van der Waals surface area (Å²) in [5, 5.41) is 12.4. The summed E-state index contributed by atoms with van der Waals surface area (Å²) in [4.78, 5) is 8.33. The van der Waals surface area contributed by atoms with Gasteiger partial charge in [-0.1, -0.05) is 0 Å². The molecular formula is C12H16N4O. The Balaban J connectivity index is 2.22. The van der Waals surface area contributed by atoms with Crippen LogP contribution < -0.4 is 5.32 Å². The van der Waals surface area contributed by atoms with Gasteiger partial charge >= 0.3 is 0 Å². The van der Waals surface area contributed by atoms with Gasteiger partial charge in [0, 0.05) is 18.8 Å². The molecule has 1 N–H and O–H groups in total. The van der Waals surface area contributed by atoms with E-state index in [9.17, 15) is 0 Å². The minimum atomic E-state index is -0.0509. The molecule has 17 heavy (non-hydrogen) atoms. The molecule has 1 aromatic heterocycles. The summed E-state index contributed by atoms with van der Waals surface area (Å²) in [6.45, 7) is 5.44. The van der Waals surface area contributed by atoms with Crippen LogP contribution in [0.15, 0.2) is 6.20 Å². The zero-order valence-electron chi connectivity index (χ0n) is 10.2. The monoisotopic (exact) mass is 232 g/mol. The Kier molecular flexibility index (Phi) is 3.25. The van der Waals surface area contributed by atoms with Gasteiger partial charge < -0.3 is 10.1 Å². The van der Waals surface area contributed by atoms with Crippen LogP contribution in [-0.4, -0.2) is 28.7 Å². The molecule has 1 aliphatic heterocycles. The molecule has 1 aromatic rings. The maximum Gasteiger partial charge on any atom is 0.148 e. The van der Waals surface area contributed by atoms with Gasteiger partial charge in [-0.3, -0.25) is 0 Å². The third-order valence-corrected chi connectivity index (χ3v) is 3.05. The molecule has 90 valence electrons. The van der Waals surface area contributed by atoms with E-state index < -0.39 is 0 Å². The standard InChI is InChI=1S/C12H16N4O/c1-9-14-8-10(7-13)11(15-9)16-12(2)3-5-17-6-4-12/h8H,3-6H2,1-2H3,(H,14,15,16). The first-order chi connectivity index (χ1) is 8.13. The van der Waals surface area contributed by atoms with Gasteiger partial charge in [-0.05, 0) is 26.7 Å². The molecule has 0 aromatic carbocycles. The van der Waals surface area contributed by atoms with Crippen molar-refractivity contribution in [1.29, 1.82) is 5.26 Å². The summed E-state index contributed by atoms with van der Waals surface area (Å²) in [5.41, 5.74) is 0.438. The van der Waals surface area contributed by atoms with Crippen molar-refractivity contribution in [2.45, 2.75) is 32.2 Å². The molecule has 1 saturated heterocycles. The van der Waals surface area contributed by atoms with Gasteiger partial charge in [-0.2, -0.15) is 5.26 Å². The summed E-state index contributed by atoms with van der Waals surface area (Å²) in [6, 6.07) is 2.11. The van der Waals surface area contributed by atoms with Crippen LogP contribution >= 0.6 is 0 Å². The smallest absolute Gasteiger partial charge is 0.148 e. The van der Waals surface area contributed by atoms with Gasteiger partial charge in [0.1, 0.15) is 23.3 Å². The molecule has 2 heterocycles. The van der Waals surface area contributed by atoms with Crippen LogP contribution in [0, 0.1) is 18.3 Å². The van der Waals surface area contributed by atoms with Crippen LogP contribution in [-0.2, 0) is 4.74 Å². The Hall–Kier alpha value is -1.67. The molecule has 0 spiro atoms. The lowest BCUT2D eigenvalue weighted by Crippen LogP contribution is -2.41. The van der Waals surface area contributed by atoms with Gasteiger partial charge in [0.15, 0.2) is 0 Å². The van der Waals surface area contributed by atoms with E-state index in [4.69, 9.17) is 10.00 Å². The summed E-state index contributed by atoms with van der Waals surface area (Å²) >= 11 is 0. The maximum atomic E-state index is 9.03. The van der Waals surface area contributed by atoms with Crippen LogP contribution in [0.5, 0.6) is 0 Å². The normalized spacial score (nSPS) is 18.4. The second-order valence-electron chi connectivity index (χ2n) is 4.59. The number of aryl methyl sites for hydroxylation is 1. The fourth-order valence-corrected chi connectivity index (χ4v) is 1.88. The number of hydrogen-bond acceptors (Lipinski definition) is 5. The minimum absolute atomic E-state index is 0.0509. The topological polar surface area (TPSA) is 70.8 Å². The molecule has 0 unspecified atom stereocenters. The van der Waals surface area contributed by atoms with Gasteiger partial charge in [0.05, 0.1) is 6.20 Å². The van der Waals surface area contributed by atoms with Crippen molar-refractivity contribution in [2.75, 3.05) is 18.5 Å². The highest BCUT2D eigenvalue weighted by Gasteiger charge is 2.28. The highest BCUT2D eigenvalue weighted by Crippen LogP contribution is 2.25. The lowest BCUT2D eigenvalue weighted by molar-refractivity contribution is 0.0657. The predicted octanol–water partition coefficient (Wildman–Crippen LogP) is 1.64. The van der Waals surface area contributed by atoms with Crippen LogP contribution in [0.4, 0.5) is 5.82 Å². The van der Waals surface area contributed by atoms with E-state index >= 15 is 0 Å². The predicted molar refractivity (Wildman–Crippen MR) is 63.6 cm³/mol. The molecule has 0 bridgehead atoms. The first-order valence-electron chi connectivity index (χ1n) is 5.73. The molecule has 5 heteroatoms. The van der Waals surface area contributed by atoms with Crippen LogP contribution in [0.25, 0.3) is 0 Å². The number of aromatic nitrogens is 2. The second-order valence-corrected chi connectivity index (χ2v) is 4.59. The molecule has 1 aliphatic rings. The Morgan fingerprint density at radius 1 is 1.47 bits per heavy atom. The van der Waals surface area contributed by atoms with E-state index in [-0.39, 0.29) is 5.54 Å². The number of anilines is 1. The Bertz CT molecular complexity index is 446. The molecule has 2 rings (SSSR count). The third-order valence-electron chi connectivity index (χ3n) is 3.05. The summed E-state index contributed by atoms with van der Waals surface area (Å²) < 4.78 is 5.35. The second kappa shape index (κ2) is 4.68. The van der Waals surface area contributed by atoms with Crippen LogP contribution in [0.3, 0.4) is 0 Å². The molecule has 5 nitrogen and oxygen atoms in total. The Morgan fingerprint density at radius 3 is 2.82 bits per heavy atom. The summed E-state index contributed by atoms with van der Waals surface area (Å²) in [6.07, 6.45) is 3.40. The number of rotatable bonds is 2. The molecule has 0 amide bonds. The molecule has 0 saturated carbocycles. The maximum absolute atomic E-state index is 9.03. The summed E-state index contributed by atoms with van der Waals surface area (Å²) in [5.74, 6) is 1.30. The first-order valence-corrected chi connectivity index (χ1v) is 5.73. The van der Waals surface area contributed by atoms with E-state index in [1.165, 1.54) is 0 Å². The highest BCUT2D eigenvalue weighted by molar-refractivity contribution is 5.52. The average Bonchev–Trinajstić information content (AvgIpc) is 2.29. The number of nitriles is 1. The zero-order chi connectivity index (χ0) is 12.3. The van der Waals surface area contributed by atoms with E-state index in [2.05, 4.69) is 28.3 Å². The summed E-state index contributed by atoms with van der Waals surface area (Å²) in [7, 11) is 0. The van der Waals surface area contributed by atoms with Crippen molar-refractivity contribution in [3.8, 4) is 6.07 Å². The third kappa shape index (κ3) is 2.71. The Labute approximate surface area is 101 Å². The molecule has 1 fully saturated rings. The van der Waals surface area contributed by atoms with E-state index in [0.717, 1.165) is 26.1 Å². The van der Waals surface area contributed by atoms with Crippen LogP contribution in [0.2, 0.25) is 0 Å². The van der Waals surface area contributed by atoms with Crippen molar-refractivity contribution in [2.24, 2.45) is 0 Å². The largest absolute Gasteiger partial charge is 0.381 e. The van der Waals surface area contributed by atoms with Crippen LogP contribution in [0.1, 0.15) is 31.2 Å². The highest BCUT2D eigenvalue weighted by atomic mass is 16.5. The van der Waals surface area contributed by atoms with Crippen molar-refractivity contribution in [3.63, 3.8) is 0 Å². The van der Waals surface area contributed by atoms with Gasteiger partial charge in [0.2, 0.25) is 0 Å². The zero-order valence-corrected chi connectivity index (χ0v) is 10.2. The number of nitrogens with zero attached hydrogens (tertiary/aromatic N) is 3. The van der Waals surface area contributed by atoms with E-state index in [1.807, 2.05) is 6.92 Å². The van der Waals surface area contributed by atoms with Gasteiger partial charge in [-0.25, -0.2) is 9.97 Å². The minimum Gasteiger partial charge on any atom is -0.381 e. The lowest BCUT2D eigenvalue weighted by atomic mass is 9.92. The fourth-order valence-electron chi connectivity index (χ4n) is 1.88.